The summed E-state index contributed by atoms with van der Waals surface area (Å²) in [6.45, 7) is 7.26. The van der Waals surface area contributed by atoms with Crippen LogP contribution >= 0.6 is 0 Å². The number of likely N-dealkylation sites (N-methyl/N-ethyl adjacent to an activating group) is 1. The van der Waals surface area contributed by atoms with Crippen LogP contribution in [0.2, 0.25) is 0 Å². The largest absolute Gasteiger partial charge is 0.317 e. The highest BCUT2D eigenvalue weighted by Crippen LogP contribution is 2.14. The van der Waals surface area contributed by atoms with Gasteiger partial charge in [0, 0.05) is 25.2 Å². The van der Waals surface area contributed by atoms with E-state index in [4.69, 9.17) is 0 Å². The molecule has 0 aromatic carbocycles. The fraction of sp³-hybridized carbons (Fsp3) is 0.818. The van der Waals surface area contributed by atoms with E-state index in [-0.39, 0.29) is 0 Å². The molecule has 0 spiro atoms. The molecule has 1 N–H and O–H groups in total. The minimum absolute atomic E-state index is 0.585. The maximum Gasteiger partial charge on any atom is 0.146 e. The Bertz CT molecular complexity index is 325. The monoisotopic (exact) mass is 223 g/mol. The van der Waals surface area contributed by atoms with Crippen LogP contribution in [-0.4, -0.2) is 45.3 Å². The highest BCUT2D eigenvalue weighted by Gasteiger charge is 2.25. The Hall–Kier alpha value is -0.940. The van der Waals surface area contributed by atoms with Gasteiger partial charge in [0.25, 0.3) is 0 Å². The summed E-state index contributed by atoms with van der Waals surface area (Å²) in [4.78, 5) is 2.39. The van der Waals surface area contributed by atoms with E-state index in [0.717, 1.165) is 25.5 Å². The van der Waals surface area contributed by atoms with E-state index in [1.807, 2.05) is 0 Å². The van der Waals surface area contributed by atoms with Crippen molar-refractivity contribution < 1.29 is 0 Å². The van der Waals surface area contributed by atoms with Crippen LogP contribution in [0, 0.1) is 0 Å². The van der Waals surface area contributed by atoms with E-state index < -0.39 is 0 Å². The third kappa shape index (κ3) is 2.41. The molecule has 90 valence electrons. The molecule has 16 heavy (non-hydrogen) atoms. The summed E-state index contributed by atoms with van der Waals surface area (Å²) in [5.74, 6) is 1.03. The molecule has 1 aromatic rings. The maximum atomic E-state index is 4.12. The summed E-state index contributed by atoms with van der Waals surface area (Å²) in [6.07, 6.45) is 3.01. The van der Waals surface area contributed by atoms with Gasteiger partial charge in [-0.2, -0.15) is 0 Å². The van der Waals surface area contributed by atoms with E-state index >= 15 is 0 Å². The van der Waals surface area contributed by atoms with Gasteiger partial charge in [0.05, 0.1) is 6.54 Å². The molecule has 0 saturated carbocycles. The number of likely N-dealkylation sites (tertiary alicyclic amines) is 1. The fourth-order valence-corrected chi connectivity index (χ4v) is 2.26. The van der Waals surface area contributed by atoms with Crippen molar-refractivity contribution in [2.75, 3.05) is 13.6 Å². The topological polar surface area (TPSA) is 46.0 Å². The first kappa shape index (κ1) is 11.5. The van der Waals surface area contributed by atoms with Crippen LogP contribution in [0.15, 0.2) is 6.33 Å². The highest BCUT2D eigenvalue weighted by molar-refractivity contribution is 4.89. The molecule has 0 bridgehead atoms. The van der Waals surface area contributed by atoms with Crippen molar-refractivity contribution in [3.8, 4) is 0 Å². The highest BCUT2D eigenvalue weighted by atomic mass is 15.3. The molecule has 1 fully saturated rings. The molecule has 1 aliphatic heterocycles. The fourth-order valence-electron chi connectivity index (χ4n) is 2.26. The lowest BCUT2D eigenvalue weighted by Crippen LogP contribution is -2.32. The van der Waals surface area contributed by atoms with Gasteiger partial charge in [0.15, 0.2) is 0 Å². The second-order valence-electron chi connectivity index (χ2n) is 4.64. The van der Waals surface area contributed by atoms with Gasteiger partial charge in [0.1, 0.15) is 12.2 Å². The SMILES string of the molecule is CCn1cnnc1CNC1CC(C)N(C)C1. The molecule has 0 aliphatic carbocycles. The Balaban J connectivity index is 1.84. The predicted molar refractivity (Wildman–Crippen MR) is 63.0 cm³/mol. The van der Waals surface area contributed by atoms with Crippen molar-refractivity contribution in [2.24, 2.45) is 0 Å². The van der Waals surface area contributed by atoms with Gasteiger partial charge in [-0.1, -0.05) is 0 Å². The second kappa shape index (κ2) is 4.93. The number of rotatable bonds is 4. The van der Waals surface area contributed by atoms with E-state index in [2.05, 4.69) is 45.9 Å². The Morgan fingerprint density at radius 1 is 1.56 bits per heavy atom. The molecule has 1 aromatic heterocycles. The van der Waals surface area contributed by atoms with E-state index in [1.165, 1.54) is 6.42 Å². The smallest absolute Gasteiger partial charge is 0.146 e. The summed E-state index contributed by atoms with van der Waals surface area (Å²) in [5, 5.41) is 11.6. The van der Waals surface area contributed by atoms with Crippen molar-refractivity contribution in [3.63, 3.8) is 0 Å². The van der Waals surface area contributed by atoms with Crippen molar-refractivity contribution in [1.29, 1.82) is 0 Å². The molecule has 2 unspecified atom stereocenters. The quantitative estimate of drug-likeness (QED) is 0.806. The second-order valence-corrected chi connectivity index (χ2v) is 4.64. The van der Waals surface area contributed by atoms with Gasteiger partial charge < -0.3 is 14.8 Å². The van der Waals surface area contributed by atoms with Gasteiger partial charge in [-0.3, -0.25) is 0 Å². The average Bonchev–Trinajstić information content (AvgIpc) is 2.83. The van der Waals surface area contributed by atoms with Gasteiger partial charge in [0.2, 0.25) is 0 Å². The zero-order valence-corrected chi connectivity index (χ0v) is 10.3. The zero-order chi connectivity index (χ0) is 11.5. The minimum atomic E-state index is 0.585. The molecular formula is C11H21N5. The number of hydrogen-bond donors (Lipinski definition) is 1. The van der Waals surface area contributed by atoms with Crippen LogP contribution in [0.1, 0.15) is 26.1 Å². The first-order valence-corrected chi connectivity index (χ1v) is 6.01. The normalized spacial score (nSPS) is 26.4. The lowest BCUT2D eigenvalue weighted by molar-refractivity contribution is 0.326. The Labute approximate surface area is 96.8 Å². The minimum Gasteiger partial charge on any atom is -0.317 e. The standard InChI is InChI=1S/C11H21N5/c1-4-16-8-13-14-11(16)6-12-10-5-9(2)15(3)7-10/h8-10,12H,4-7H2,1-3H3. The molecule has 2 rings (SSSR count). The molecule has 0 radical (unpaired) electrons. The summed E-state index contributed by atoms with van der Waals surface area (Å²) in [7, 11) is 2.18. The number of nitrogens with zero attached hydrogens (tertiary/aromatic N) is 4. The van der Waals surface area contributed by atoms with Crippen LogP contribution in [0.3, 0.4) is 0 Å². The number of aryl methyl sites for hydroxylation is 1. The molecule has 1 saturated heterocycles. The summed E-state index contributed by atoms with van der Waals surface area (Å²) >= 11 is 0. The lowest BCUT2D eigenvalue weighted by atomic mass is 10.2. The van der Waals surface area contributed by atoms with Crippen LogP contribution in [0.25, 0.3) is 0 Å². The lowest BCUT2D eigenvalue weighted by Gasteiger charge is -2.13. The van der Waals surface area contributed by atoms with Crippen molar-refractivity contribution in [2.45, 2.75) is 45.4 Å². The molecule has 5 heteroatoms. The van der Waals surface area contributed by atoms with Crippen LogP contribution in [0.5, 0.6) is 0 Å². The Morgan fingerprint density at radius 2 is 2.38 bits per heavy atom. The molecular weight excluding hydrogens is 202 g/mol. The van der Waals surface area contributed by atoms with Crippen molar-refractivity contribution in [3.05, 3.63) is 12.2 Å². The van der Waals surface area contributed by atoms with Gasteiger partial charge >= 0.3 is 0 Å². The predicted octanol–water partition coefficient (Wildman–Crippen LogP) is 0.480. The average molecular weight is 223 g/mol. The summed E-state index contributed by atoms with van der Waals surface area (Å²) in [5.41, 5.74) is 0. The molecule has 2 heterocycles. The van der Waals surface area contributed by atoms with Crippen LogP contribution < -0.4 is 5.32 Å². The molecule has 0 amide bonds. The Morgan fingerprint density at radius 3 is 3.00 bits per heavy atom. The molecule has 1 aliphatic rings. The van der Waals surface area contributed by atoms with E-state index in [9.17, 15) is 0 Å². The van der Waals surface area contributed by atoms with E-state index in [1.54, 1.807) is 6.33 Å². The van der Waals surface area contributed by atoms with E-state index in [0.29, 0.717) is 12.1 Å². The van der Waals surface area contributed by atoms with Gasteiger partial charge in [-0.15, -0.1) is 10.2 Å². The zero-order valence-electron chi connectivity index (χ0n) is 10.3. The van der Waals surface area contributed by atoms with Crippen molar-refractivity contribution >= 4 is 0 Å². The third-order valence-corrected chi connectivity index (χ3v) is 3.47. The molecule has 2 atom stereocenters. The first-order chi connectivity index (χ1) is 7.70. The molecule has 5 nitrogen and oxygen atoms in total. The maximum absolute atomic E-state index is 4.12. The summed E-state index contributed by atoms with van der Waals surface area (Å²) < 4.78 is 2.08. The number of aromatic nitrogens is 3. The first-order valence-electron chi connectivity index (χ1n) is 6.01. The number of hydrogen-bond acceptors (Lipinski definition) is 4. The van der Waals surface area contributed by atoms with Crippen molar-refractivity contribution in [1.82, 2.24) is 25.0 Å². The third-order valence-electron chi connectivity index (χ3n) is 3.47. The van der Waals surface area contributed by atoms with Gasteiger partial charge in [-0.25, -0.2) is 0 Å². The van der Waals surface area contributed by atoms with Gasteiger partial charge in [-0.05, 0) is 27.3 Å². The van der Waals surface area contributed by atoms with Crippen LogP contribution in [0.4, 0.5) is 0 Å². The van der Waals surface area contributed by atoms with Crippen LogP contribution in [-0.2, 0) is 13.1 Å². The summed E-state index contributed by atoms with van der Waals surface area (Å²) in [6, 6.07) is 1.27. The number of nitrogens with one attached hydrogen (secondary N) is 1. The Kier molecular flexibility index (Phi) is 3.56.